The standard InChI is InChI=1S/C9H20N2O4S2/c1-16(12,13)7-8-17(14,15)11-6-4-9-3-2-5-10-9/h9-11H,2-8H2,1H3. The summed E-state index contributed by atoms with van der Waals surface area (Å²) in [7, 11) is -6.69. The molecule has 17 heavy (non-hydrogen) atoms. The molecule has 0 amide bonds. The lowest BCUT2D eigenvalue weighted by Crippen LogP contribution is -2.33. The highest BCUT2D eigenvalue weighted by Crippen LogP contribution is 2.07. The first-order chi connectivity index (χ1) is 7.79. The minimum absolute atomic E-state index is 0.329. The van der Waals surface area contributed by atoms with Gasteiger partial charge >= 0.3 is 0 Å². The third-order valence-corrected chi connectivity index (χ3v) is 5.29. The third kappa shape index (κ3) is 6.97. The van der Waals surface area contributed by atoms with Crippen molar-refractivity contribution in [1.82, 2.24) is 10.0 Å². The second-order valence-corrected chi connectivity index (χ2v) is 8.61. The molecule has 0 aromatic rings. The van der Waals surface area contributed by atoms with Crippen LogP contribution in [0.4, 0.5) is 0 Å². The number of sulfone groups is 1. The molecule has 102 valence electrons. The molecule has 1 heterocycles. The fourth-order valence-electron chi connectivity index (χ4n) is 1.73. The number of rotatable bonds is 7. The summed E-state index contributed by atoms with van der Waals surface area (Å²) >= 11 is 0. The van der Waals surface area contributed by atoms with Gasteiger partial charge in [0.05, 0.1) is 11.5 Å². The van der Waals surface area contributed by atoms with Crippen LogP contribution in [0.25, 0.3) is 0 Å². The van der Waals surface area contributed by atoms with Gasteiger partial charge in [-0.15, -0.1) is 0 Å². The van der Waals surface area contributed by atoms with E-state index < -0.39 is 19.9 Å². The average Bonchev–Trinajstić information content (AvgIpc) is 2.67. The van der Waals surface area contributed by atoms with Gasteiger partial charge in [-0.05, 0) is 25.8 Å². The van der Waals surface area contributed by atoms with Crippen LogP contribution in [0.15, 0.2) is 0 Å². The minimum Gasteiger partial charge on any atom is -0.314 e. The molecular formula is C9H20N2O4S2. The van der Waals surface area contributed by atoms with Crippen molar-refractivity contribution < 1.29 is 16.8 Å². The van der Waals surface area contributed by atoms with E-state index in [-0.39, 0.29) is 11.5 Å². The molecule has 0 aromatic heterocycles. The molecule has 8 heteroatoms. The summed E-state index contributed by atoms with van der Waals surface area (Å²) in [4.78, 5) is 0. The lowest BCUT2D eigenvalue weighted by Gasteiger charge is -2.10. The molecule has 0 bridgehead atoms. The van der Waals surface area contributed by atoms with Gasteiger partial charge in [-0.25, -0.2) is 21.6 Å². The van der Waals surface area contributed by atoms with E-state index >= 15 is 0 Å². The molecule has 1 fully saturated rings. The lowest BCUT2D eigenvalue weighted by molar-refractivity contribution is 0.539. The smallest absolute Gasteiger partial charge is 0.212 e. The predicted molar refractivity (Wildman–Crippen MR) is 67.1 cm³/mol. The van der Waals surface area contributed by atoms with Gasteiger partial charge in [0.15, 0.2) is 0 Å². The molecule has 0 radical (unpaired) electrons. The monoisotopic (exact) mass is 284 g/mol. The van der Waals surface area contributed by atoms with Crippen LogP contribution in [-0.2, 0) is 19.9 Å². The van der Waals surface area contributed by atoms with Crippen LogP contribution in [0.3, 0.4) is 0 Å². The first-order valence-corrected chi connectivity index (χ1v) is 9.38. The molecule has 0 spiro atoms. The Hall–Kier alpha value is -0.180. The van der Waals surface area contributed by atoms with Crippen molar-refractivity contribution in [1.29, 1.82) is 0 Å². The molecule has 0 aromatic carbocycles. The largest absolute Gasteiger partial charge is 0.314 e. The quantitative estimate of drug-likeness (QED) is 0.631. The zero-order valence-corrected chi connectivity index (χ0v) is 11.6. The number of sulfonamides is 1. The van der Waals surface area contributed by atoms with E-state index in [9.17, 15) is 16.8 Å². The second-order valence-electron chi connectivity index (χ2n) is 4.43. The van der Waals surface area contributed by atoms with Gasteiger partial charge in [0.2, 0.25) is 10.0 Å². The Morgan fingerprint density at radius 2 is 1.94 bits per heavy atom. The summed E-state index contributed by atoms with van der Waals surface area (Å²) in [5.74, 6) is -0.687. The Bertz CT molecular complexity index is 424. The lowest BCUT2D eigenvalue weighted by atomic mass is 10.2. The molecule has 1 atom stereocenters. The third-order valence-electron chi connectivity index (χ3n) is 2.70. The van der Waals surface area contributed by atoms with Crippen LogP contribution >= 0.6 is 0 Å². The first kappa shape index (κ1) is 14.9. The van der Waals surface area contributed by atoms with Crippen LogP contribution in [0, 0.1) is 0 Å². The van der Waals surface area contributed by atoms with Crippen LogP contribution in [0.5, 0.6) is 0 Å². The maximum absolute atomic E-state index is 11.5. The zero-order chi connectivity index (χ0) is 12.9. The van der Waals surface area contributed by atoms with E-state index in [0.717, 1.165) is 32.1 Å². The molecule has 1 rings (SSSR count). The number of nitrogens with one attached hydrogen (secondary N) is 2. The van der Waals surface area contributed by atoms with Gasteiger partial charge in [-0.3, -0.25) is 0 Å². The van der Waals surface area contributed by atoms with Crippen molar-refractivity contribution in [3.63, 3.8) is 0 Å². The topological polar surface area (TPSA) is 92.3 Å². The Kier molecular flexibility index (Phi) is 5.36. The van der Waals surface area contributed by atoms with Crippen molar-refractivity contribution in [3.8, 4) is 0 Å². The number of hydrogen-bond acceptors (Lipinski definition) is 5. The van der Waals surface area contributed by atoms with Gasteiger partial charge in [-0.1, -0.05) is 0 Å². The maximum Gasteiger partial charge on any atom is 0.212 e. The first-order valence-electron chi connectivity index (χ1n) is 5.67. The highest BCUT2D eigenvalue weighted by atomic mass is 32.2. The maximum atomic E-state index is 11.5. The van der Waals surface area contributed by atoms with E-state index in [1.807, 2.05) is 0 Å². The molecule has 0 saturated carbocycles. The van der Waals surface area contributed by atoms with Crippen molar-refractivity contribution >= 4 is 19.9 Å². The van der Waals surface area contributed by atoms with E-state index in [0.29, 0.717) is 12.6 Å². The van der Waals surface area contributed by atoms with Crippen LogP contribution in [0.1, 0.15) is 19.3 Å². The van der Waals surface area contributed by atoms with Crippen LogP contribution in [0.2, 0.25) is 0 Å². The Balaban J connectivity index is 2.24. The molecule has 0 aliphatic carbocycles. The molecule has 1 aliphatic rings. The van der Waals surface area contributed by atoms with Gasteiger partial charge in [-0.2, -0.15) is 0 Å². The Labute approximate surface area is 103 Å². The van der Waals surface area contributed by atoms with Gasteiger partial charge in [0.25, 0.3) is 0 Å². The zero-order valence-electron chi connectivity index (χ0n) is 9.98. The Morgan fingerprint density at radius 3 is 2.47 bits per heavy atom. The molecule has 1 unspecified atom stereocenters. The Morgan fingerprint density at radius 1 is 1.24 bits per heavy atom. The summed E-state index contributed by atoms with van der Waals surface area (Å²) in [5.41, 5.74) is 0. The normalized spacial score (nSPS) is 21.8. The summed E-state index contributed by atoms with van der Waals surface area (Å²) in [6, 6.07) is 0.382. The SMILES string of the molecule is CS(=O)(=O)CCS(=O)(=O)NCCC1CCCN1. The number of hydrogen-bond donors (Lipinski definition) is 2. The molecular weight excluding hydrogens is 264 g/mol. The van der Waals surface area contributed by atoms with Crippen LogP contribution < -0.4 is 10.0 Å². The fraction of sp³-hybridized carbons (Fsp3) is 1.00. The summed E-state index contributed by atoms with van der Waals surface area (Å²) < 4.78 is 47.1. The minimum atomic E-state index is -3.46. The van der Waals surface area contributed by atoms with E-state index in [1.54, 1.807) is 0 Å². The molecule has 1 saturated heterocycles. The van der Waals surface area contributed by atoms with Crippen molar-refractivity contribution in [2.24, 2.45) is 0 Å². The highest BCUT2D eigenvalue weighted by Gasteiger charge is 2.17. The van der Waals surface area contributed by atoms with Gasteiger partial charge < -0.3 is 5.32 Å². The molecule has 1 aliphatic heterocycles. The van der Waals surface area contributed by atoms with E-state index in [1.165, 1.54) is 0 Å². The van der Waals surface area contributed by atoms with Gasteiger partial charge in [0, 0.05) is 18.8 Å². The molecule has 2 N–H and O–H groups in total. The average molecular weight is 284 g/mol. The van der Waals surface area contributed by atoms with Gasteiger partial charge in [0.1, 0.15) is 9.84 Å². The van der Waals surface area contributed by atoms with E-state index in [2.05, 4.69) is 10.0 Å². The van der Waals surface area contributed by atoms with Crippen molar-refractivity contribution in [2.45, 2.75) is 25.3 Å². The fourth-order valence-corrected chi connectivity index (χ4v) is 4.39. The second kappa shape index (κ2) is 6.12. The molecule has 6 nitrogen and oxygen atoms in total. The summed E-state index contributed by atoms with van der Waals surface area (Å²) in [6.45, 7) is 1.36. The highest BCUT2D eigenvalue weighted by molar-refractivity contribution is 7.93. The summed E-state index contributed by atoms with van der Waals surface area (Å²) in [6.07, 6.45) is 3.99. The van der Waals surface area contributed by atoms with Crippen molar-refractivity contribution in [2.75, 3.05) is 30.9 Å². The van der Waals surface area contributed by atoms with E-state index in [4.69, 9.17) is 0 Å². The summed E-state index contributed by atoms with van der Waals surface area (Å²) in [5, 5.41) is 3.27. The van der Waals surface area contributed by atoms with Crippen molar-refractivity contribution in [3.05, 3.63) is 0 Å². The predicted octanol–water partition coefficient (Wildman–Crippen LogP) is -0.907. The van der Waals surface area contributed by atoms with Crippen LogP contribution in [-0.4, -0.2) is 53.7 Å².